The van der Waals surface area contributed by atoms with Gasteiger partial charge in [-0.05, 0) is 18.6 Å². The highest BCUT2D eigenvalue weighted by Gasteiger charge is 2.10. The molecule has 0 fully saturated rings. The van der Waals surface area contributed by atoms with Gasteiger partial charge in [-0.15, -0.1) is 0 Å². The zero-order chi connectivity index (χ0) is 10.8. The van der Waals surface area contributed by atoms with Crippen molar-refractivity contribution >= 4 is 16.8 Å². The molecule has 2 rings (SSSR count). The minimum atomic E-state index is 0.117. The number of rotatable bonds is 2. The van der Waals surface area contributed by atoms with Gasteiger partial charge in [0.25, 0.3) is 0 Å². The first-order valence-corrected chi connectivity index (χ1v) is 4.52. The number of aromatic nitrogens is 1. The Morgan fingerprint density at radius 3 is 3.13 bits per heavy atom. The van der Waals surface area contributed by atoms with Crippen LogP contribution in [-0.4, -0.2) is 16.2 Å². The van der Waals surface area contributed by atoms with Crippen LogP contribution in [0.1, 0.15) is 11.3 Å². The highest BCUT2D eigenvalue weighted by atomic mass is 16.5. The second-order valence-corrected chi connectivity index (χ2v) is 3.35. The molecule has 0 radical (unpaired) electrons. The van der Waals surface area contributed by atoms with E-state index < -0.39 is 0 Å². The van der Waals surface area contributed by atoms with Gasteiger partial charge in [-0.3, -0.25) is 0 Å². The number of hydrogen-bond acceptors (Lipinski definition) is 4. The van der Waals surface area contributed by atoms with Crippen LogP contribution >= 0.6 is 0 Å². The molecule has 78 valence electrons. The fourth-order valence-corrected chi connectivity index (χ4v) is 1.49. The zero-order valence-electron chi connectivity index (χ0n) is 8.27. The molecule has 0 saturated heterocycles. The van der Waals surface area contributed by atoms with Gasteiger partial charge in [-0.1, -0.05) is 22.4 Å². The molecule has 0 amide bonds. The summed E-state index contributed by atoms with van der Waals surface area (Å²) in [7, 11) is 0. The van der Waals surface area contributed by atoms with Crippen LogP contribution in [0.4, 0.5) is 0 Å². The highest BCUT2D eigenvalue weighted by molar-refractivity contribution is 5.89. The first kappa shape index (κ1) is 9.51. The second kappa shape index (κ2) is 3.61. The van der Waals surface area contributed by atoms with E-state index in [0.29, 0.717) is 5.69 Å². The fraction of sp³-hybridized carbons (Fsp3) is 0.200. The third kappa shape index (κ3) is 1.63. The van der Waals surface area contributed by atoms with Crippen molar-refractivity contribution in [1.82, 2.24) is 5.16 Å². The molecule has 5 nitrogen and oxygen atoms in total. The molecule has 1 aromatic carbocycles. The maximum atomic E-state index is 8.46. The van der Waals surface area contributed by atoms with E-state index >= 15 is 0 Å². The third-order valence-corrected chi connectivity index (χ3v) is 2.25. The maximum absolute atomic E-state index is 8.46. The lowest BCUT2D eigenvalue weighted by Gasteiger charge is -1.94. The summed E-state index contributed by atoms with van der Waals surface area (Å²) >= 11 is 0. The summed E-state index contributed by atoms with van der Waals surface area (Å²) in [6, 6.07) is 5.77. The van der Waals surface area contributed by atoms with Crippen LogP contribution in [0.15, 0.2) is 27.9 Å². The molecule has 1 heterocycles. The van der Waals surface area contributed by atoms with E-state index in [1.165, 1.54) is 0 Å². The zero-order valence-corrected chi connectivity index (χ0v) is 8.27. The molecule has 0 saturated carbocycles. The van der Waals surface area contributed by atoms with Crippen LogP contribution in [-0.2, 0) is 6.42 Å². The summed E-state index contributed by atoms with van der Waals surface area (Å²) in [6.07, 6.45) is 0.285. The summed E-state index contributed by atoms with van der Waals surface area (Å²) < 4.78 is 5.18. The average molecular weight is 205 g/mol. The molecule has 0 bridgehead atoms. The number of nitrogens with two attached hydrogens (primary N) is 1. The minimum absolute atomic E-state index is 0.117. The van der Waals surface area contributed by atoms with Gasteiger partial charge in [-0.25, -0.2) is 0 Å². The van der Waals surface area contributed by atoms with E-state index in [1.54, 1.807) is 0 Å². The summed E-state index contributed by atoms with van der Waals surface area (Å²) in [5, 5.41) is 16.2. The van der Waals surface area contributed by atoms with Crippen LogP contribution in [0, 0.1) is 6.92 Å². The van der Waals surface area contributed by atoms with E-state index in [0.717, 1.165) is 16.5 Å². The number of para-hydroxylation sites is 1. The van der Waals surface area contributed by atoms with Gasteiger partial charge in [-0.2, -0.15) is 0 Å². The van der Waals surface area contributed by atoms with Crippen molar-refractivity contribution in [1.29, 1.82) is 0 Å². The monoisotopic (exact) mass is 205 g/mol. The fourth-order valence-electron chi connectivity index (χ4n) is 1.49. The number of nitrogens with zero attached hydrogens (tertiary/aromatic N) is 2. The first-order valence-electron chi connectivity index (χ1n) is 4.52. The Kier molecular flexibility index (Phi) is 2.29. The molecule has 0 atom stereocenters. The highest BCUT2D eigenvalue weighted by Crippen LogP contribution is 2.21. The lowest BCUT2D eigenvalue weighted by atomic mass is 10.1. The minimum Gasteiger partial charge on any atom is -0.409 e. The number of fused-ring (bicyclic) bond motifs is 1. The number of benzene rings is 1. The number of amidine groups is 1. The molecule has 0 aliphatic carbocycles. The van der Waals surface area contributed by atoms with Gasteiger partial charge in [0.15, 0.2) is 5.58 Å². The van der Waals surface area contributed by atoms with Crippen LogP contribution in [0.25, 0.3) is 11.0 Å². The van der Waals surface area contributed by atoms with E-state index in [-0.39, 0.29) is 12.3 Å². The summed E-state index contributed by atoms with van der Waals surface area (Å²) in [6.45, 7) is 1.95. The van der Waals surface area contributed by atoms with Gasteiger partial charge in [0.2, 0.25) is 0 Å². The molecule has 3 N–H and O–H groups in total. The Morgan fingerprint density at radius 2 is 2.40 bits per heavy atom. The predicted octanol–water partition coefficient (Wildman–Crippen LogP) is 1.43. The largest absolute Gasteiger partial charge is 0.409 e. The van der Waals surface area contributed by atoms with Crippen LogP contribution in [0.3, 0.4) is 0 Å². The van der Waals surface area contributed by atoms with Crippen molar-refractivity contribution in [2.24, 2.45) is 10.9 Å². The van der Waals surface area contributed by atoms with Crippen molar-refractivity contribution in [3.8, 4) is 0 Å². The molecule has 0 spiro atoms. The molecular formula is C10H11N3O2. The summed E-state index contributed by atoms with van der Waals surface area (Å²) in [5.41, 5.74) is 7.86. The van der Waals surface area contributed by atoms with Crippen LogP contribution in [0.5, 0.6) is 0 Å². The molecule has 5 heteroatoms. The smallest absolute Gasteiger partial charge is 0.170 e. The van der Waals surface area contributed by atoms with Gasteiger partial charge < -0.3 is 15.5 Å². The molecule has 1 aromatic heterocycles. The van der Waals surface area contributed by atoms with Crippen LogP contribution in [0.2, 0.25) is 0 Å². The normalized spacial score (nSPS) is 12.2. The molecule has 0 unspecified atom stereocenters. The lowest BCUT2D eigenvalue weighted by molar-refractivity contribution is 0.317. The van der Waals surface area contributed by atoms with Gasteiger partial charge >= 0.3 is 0 Å². The molecule has 15 heavy (non-hydrogen) atoms. The SMILES string of the molecule is Cc1cccc2c(C/C(N)=N/O)noc12. The van der Waals surface area contributed by atoms with Crippen molar-refractivity contribution < 1.29 is 9.73 Å². The Bertz CT molecular complexity index is 516. The maximum Gasteiger partial charge on any atom is 0.170 e. The van der Waals surface area contributed by atoms with E-state index in [2.05, 4.69) is 10.3 Å². The lowest BCUT2D eigenvalue weighted by Crippen LogP contribution is -2.14. The molecule has 0 aliphatic rings. The van der Waals surface area contributed by atoms with Crippen molar-refractivity contribution in [2.45, 2.75) is 13.3 Å². The number of aryl methyl sites for hydroxylation is 1. The molecule has 2 aromatic rings. The van der Waals surface area contributed by atoms with Crippen LogP contribution < -0.4 is 5.73 Å². The second-order valence-electron chi connectivity index (χ2n) is 3.35. The quantitative estimate of drug-likeness (QED) is 0.336. The molecular weight excluding hydrogens is 194 g/mol. The Hall–Kier alpha value is -2.04. The summed E-state index contributed by atoms with van der Waals surface area (Å²) in [4.78, 5) is 0. The van der Waals surface area contributed by atoms with Crippen molar-refractivity contribution in [2.75, 3.05) is 0 Å². The molecule has 0 aliphatic heterocycles. The first-order chi connectivity index (χ1) is 7.22. The number of hydrogen-bond donors (Lipinski definition) is 2. The standard InChI is InChI=1S/C10H11N3O2/c1-6-3-2-4-7-8(5-9(11)12-14)13-15-10(6)7/h2-4,14H,5H2,1H3,(H2,11,12). The third-order valence-electron chi connectivity index (χ3n) is 2.25. The van der Waals surface area contributed by atoms with E-state index in [1.807, 2.05) is 25.1 Å². The number of oxime groups is 1. The average Bonchev–Trinajstić information content (AvgIpc) is 2.63. The van der Waals surface area contributed by atoms with E-state index in [4.69, 9.17) is 15.5 Å². The van der Waals surface area contributed by atoms with E-state index in [9.17, 15) is 0 Å². The topological polar surface area (TPSA) is 84.6 Å². The van der Waals surface area contributed by atoms with Crippen molar-refractivity contribution in [3.05, 3.63) is 29.5 Å². The Labute approximate surface area is 86.2 Å². The van der Waals surface area contributed by atoms with Crippen molar-refractivity contribution in [3.63, 3.8) is 0 Å². The van der Waals surface area contributed by atoms with Gasteiger partial charge in [0, 0.05) is 5.39 Å². The predicted molar refractivity (Wildman–Crippen MR) is 55.9 cm³/mol. The Morgan fingerprint density at radius 1 is 1.60 bits per heavy atom. The van der Waals surface area contributed by atoms with Gasteiger partial charge in [0.05, 0.1) is 12.1 Å². The Balaban J connectivity index is 2.50. The van der Waals surface area contributed by atoms with Gasteiger partial charge in [0.1, 0.15) is 5.84 Å². The summed E-state index contributed by atoms with van der Waals surface area (Å²) in [5.74, 6) is 0.117.